The van der Waals surface area contributed by atoms with Crippen LogP contribution in [0, 0.1) is 0 Å². The van der Waals surface area contributed by atoms with E-state index >= 15 is 0 Å². The lowest BCUT2D eigenvalue weighted by Crippen LogP contribution is -2.39. The van der Waals surface area contributed by atoms with Crippen LogP contribution in [0.4, 0.5) is 0 Å². The van der Waals surface area contributed by atoms with E-state index in [9.17, 15) is 0 Å². The number of benzene rings is 1. The van der Waals surface area contributed by atoms with E-state index in [1.54, 1.807) is 0 Å². The van der Waals surface area contributed by atoms with Crippen LogP contribution < -0.4 is 10.1 Å². The van der Waals surface area contributed by atoms with Gasteiger partial charge in [-0.05, 0) is 31.7 Å². The molecule has 3 rings (SSSR count). The van der Waals surface area contributed by atoms with Gasteiger partial charge in [-0.2, -0.15) is 0 Å². The molecule has 0 amide bonds. The molecule has 19 heavy (non-hydrogen) atoms. The maximum Gasteiger partial charge on any atom is 0.124 e. The van der Waals surface area contributed by atoms with Crippen molar-refractivity contribution < 1.29 is 9.47 Å². The molecular weight excluding hydrogens is 238 g/mol. The molecule has 1 unspecified atom stereocenters. The fraction of sp³-hybridized carbons (Fsp3) is 0.625. The Morgan fingerprint density at radius 2 is 1.89 bits per heavy atom. The van der Waals surface area contributed by atoms with E-state index in [1.165, 1.54) is 31.2 Å². The second-order valence-electron chi connectivity index (χ2n) is 5.60. The van der Waals surface area contributed by atoms with Crippen LogP contribution in [0.15, 0.2) is 24.3 Å². The van der Waals surface area contributed by atoms with Gasteiger partial charge in [0.2, 0.25) is 0 Å². The van der Waals surface area contributed by atoms with Gasteiger partial charge in [-0.1, -0.05) is 18.2 Å². The number of rotatable bonds is 3. The molecule has 3 heteroatoms. The Hall–Kier alpha value is -1.06. The van der Waals surface area contributed by atoms with Gasteiger partial charge in [0.1, 0.15) is 5.75 Å². The highest BCUT2D eigenvalue weighted by molar-refractivity contribution is 5.37. The van der Waals surface area contributed by atoms with Crippen molar-refractivity contribution in [3.05, 3.63) is 29.8 Å². The summed E-state index contributed by atoms with van der Waals surface area (Å²) in [6.45, 7) is 0.822. The van der Waals surface area contributed by atoms with Crippen LogP contribution in [0.25, 0.3) is 0 Å². The first kappa shape index (κ1) is 12.9. The molecule has 0 aromatic heterocycles. The summed E-state index contributed by atoms with van der Waals surface area (Å²) in [6.07, 6.45) is 6.34. The minimum Gasteiger partial charge on any atom is -0.493 e. The predicted octanol–water partition coefficient (Wildman–Crippen LogP) is 3.06. The molecule has 104 valence electrons. The zero-order valence-corrected chi connectivity index (χ0v) is 11.6. The molecule has 0 saturated heterocycles. The van der Waals surface area contributed by atoms with E-state index in [4.69, 9.17) is 9.47 Å². The molecular formula is C16H23NO2. The van der Waals surface area contributed by atoms with Crippen molar-refractivity contribution in [3.8, 4) is 5.75 Å². The van der Waals surface area contributed by atoms with E-state index in [1.807, 2.05) is 13.2 Å². The first-order valence-corrected chi connectivity index (χ1v) is 7.37. The Balaban J connectivity index is 1.62. The largest absolute Gasteiger partial charge is 0.493 e. The Bertz CT molecular complexity index is 413. The van der Waals surface area contributed by atoms with Crippen molar-refractivity contribution in [3.63, 3.8) is 0 Å². The summed E-state index contributed by atoms with van der Waals surface area (Å²) in [6, 6.07) is 9.49. The molecule has 1 fully saturated rings. The molecule has 0 spiro atoms. The molecule has 1 heterocycles. The average molecular weight is 261 g/mol. The van der Waals surface area contributed by atoms with Gasteiger partial charge < -0.3 is 14.8 Å². The van der Waals surface area contributed by atoms with E-state index < -0.39 is 0 Å². The molecule has 3 nitrogen and oxygen atoms in total. The van der Waals surface area contributed by atoms with Crippen LogP contribution in [0.1, 0.15) is 43.7 Å². The third kappa shape index (κ3) is 2.93. The van der Waals surface area contributed by atoms with Crippen molar-refractivity contribution in [1.29, 1.82) is 0 Å². The number of hydrogen-bond donors (Lipinski definition) is 1. The third-order valence-corrected chi connectivity index (χ3v) is 4.40. The molecule has 0 radical (unpaired) electrons. The molecule has 2 aliphatic rings. The minimum atomic E-state index is 0.453. The molecule has 0 bridgehead atoms. The van der Waals surface area contributed by atoms with Crippen LogP contribution in [0.3, 0.4) is 0 Å². The summed E-state index contributed by atoms with van der Waals surface area (Å²) >= 11 is 0. The lowest BCUT2D eigenvalue weighted by atomic mass is 9.91. The van der Waals surface area contributed by atoms with Crippen LogP contribution >= 0.6 is 0 Å². The predicted molar refractivity (Wildman–Crippen MR) is 75.5 cm³/mol. The molecule has 1 atom stereocenters. The lowest BCUT2D eigenvalue weighted by molar-refractivity contribution is 0.0602. The summed E-state index contributed by atoms with van der Waals surface area (Å²) in [5, 5.41) is 3.82. The summed E-state index contributed by atoms with van der Waals surface area (Å²) in [5.74, 6) is 1.05. The normalized spacial score (nSPS) is 30.5. The Labute approximate surface area is 115 Å². The first-order valence-electron chi connectivity index (χ1n) is 7.37. The number of nitrogens with one attached hydrogen (secondary N) is 1. The van der Waals surface area contributed by atoms with E-state index in [0.717, 1.165) is 18.8 Å². The molecule has 1 aliphatic heterocycles. The zero-order chi connectivity index (χ0) is 13.1. The second kappa shape index (κ2) is 5.93. The quantitative estimate of drug-likeness (QED) is 0.907. The maximum absolute atomic E-state index is 5.72. The van der Waals surface area contributed by atoms with Gasteiger partial charge in [-0.25, -0.2) is 0 Å². The minimum absolute atomic E-state index is 0.453. The molecule has 1 aromatic carbocycles. The van der Waals surface area contributed by atoms with Crippen molar-refractivity contribution in [2.75, 3.05) is 13.7 Å². The van der Waals surface area contributed by atoms with Crippen LogP contribution in [0.2, 0.25) is 0 Å². The molecule has 1 N–H and O–H groups in total. The Morgan fingerprint density at radius 3 is 2.68 bits per heavy atom. The van der Waals surface area contributed by atoms with Gasteiger partial charge in [0.15, 0.2) is 0 Å². The Kier molecular flexibility index (Phi) is 4.04. The van der Waals surface area contributed by atoms with E-state index in [0.29, 0.717) is 18.2 Å². The summed E-state index contributed by atoms with van der Waals surface area (Å²) in [5.41, 5.74) is 1.32. The van der Waals surface area contributed by atoms with Crippen LogP contribution in [-0.4, -0.2) is 25.9 Å². The van der Waals surface area contributed by atoms with Crippen molar-refractivity contribution in [1.82, 2.24) is 5.32 Å². The number of methoxy groups -OCH3 is 1. The van der Waals surface area contributed by atoms with Crippen molar-refractivity contribution >= 4 is 0 Å². The fourth-order valence-corrected chi connectivity index (χ4v) is 3.26. The first-order chi connectivity index (χ1) is 9.36. The zero-order valence-electron chi connectivity index (χ0n) is 11.6. The van der Waals surface area contributed by atoms with Crippen LogP contribution in [0.5, 0.6) is 5.75 Å². The number of fused-ring (bicyclic) bond motifs is 1. The summed E-state index contributed by atoms with van der Waals surface area (Å²) in [7, 11) is 1.83. The van der Waals surface area contributed by atoms with Crippen LogP contribution in [-0.2, 0) is 4.74 Å². The fourth-order valence-electron chi connectivity index (χ4n) is 3.26. The van der Waals surface area contributed by atoms with E-state index in [-0.39, 0.29) is 0 Å². The van der Waals surface area contributed by atoms with Gasteiger partial charge in [-0.3, -0.25) is 0 Å². The van der Waals surface area contributed by atoms with Gasteiger partial charge in [0.05, 0.1) is 12.7 Å². The van der Waals surface area contributed by atoms with E-state index in [2.05, 4.69) is 23.5 Å². The number of hydrogen-bond acceptors (Lipinski definition) is 3. The Morgan fingerprint density at radius 1 is 1.11 bits per heavy atom. The number of para-hydroxylation sites is 1. The number of ether oxygens (including phenoxy) is 2. The molecule has 1 saturated carbocycles. The summed E-state index contributed by atoms with van der Waals surface area (Å²) in [4.78, 5) is 0. The van der Waals surface area contributed by atoms with Gasteiger partial charge >= 0.3 is 0 Å². The highest BCUT2D eigenvalue weighted by Crippen LogP contribution is 2.33. The average Bonchev–Trinajstić information content (AvgIpc) is 2.48. The third-order valence-electron chi connectivity index (χ3n) is 4.40. The standard InChI is InChI=1S/C16H23NO2/c1-18-13-8-6-12(7-9-13)17-15-10-11-19-16-5-3-2-4-14(15)16/h2-5,12-13,15,17H,6-11H2,1H3. The van der Waals surface area contributed by atoms with Gasteiger partial charge in [0, 0.05) is 31.2 Å². The smallest absolute Gasteiger partial charge is 0.124 e. The van der Waals surface area contributed by atoms with Crippen molar-refractivity contribution in [2.45, 2.75) is 50.3 Å². The highest BCUT2D eigenvalue weighted by atomic mass is 16.5. The van der Waals surface area contributed by atoms with Crippen molar-refractivity contribution in [2.24, 2.45) is 0 Å². The molecule has 1 aromatic rings. The highest BCUT2D eigenvalue weighted by Gasteiger charge is 2.26. The molecule has 1 aliphatic carbocycles. The van der Waals surface area contributed by atoms with Gasteiger partial charge in [-0.15, -0.1) is 0 Å². The SMILES string of the molecule is COC1CCC(NC2CCOc3ccccc32)CC1. The lowest BCUT2D eigenvalue weighted by Gasteiger charge is -2.34. The monoisotopic (exact) mass is 261 g/mol. The second-order valence-corrected chi connectivity index (χ2v) is 5.60. The summed E-state index contributed by atoms with van der Waals surface area (Å²) < 4.78 is 11.2. The maximum atomic E-state index is 5.72. The topological polar surface area (TPSA) is 30.5 Å². The van der Waals surface area contributed by atoms with Gasteiger partial charge in [0.25, 0.3) is 0 Å².